The van der Waals surface area contributed by atoms with E-state index in [0.717, 1.165) is 18.4 Å². The summed E-state index contributed by atoms with van der Waals surface area (Å²) >= 11 is 0. The second-order valence-electron chi connectivity index (χ2n) is 4.91. The Bertz CT molecular complexity index is 441. The number of carboxylic acid groups (broad SMARTS) is 1. The minimum atomic E-state index is -1.14. The third-order valence-corrected chi connectivity index (χ3v) is 3.60. The van der Waals surface area contributed by atoms with Crippen LogP contribution in [0.15, 0.2) is 30.3 Å². The van der Waals surface area contributed by atoms with Crippen molar-refractivity contribution >= 4 is 11.9 Å². The molecule has 4 heteroatoms. The van der Waals surface area contributed by atoms with E-state index in [4.69, 9.17) is 4.74 Å². The van der Waals surface area contributed by atoms with E-state index in [1.165, 1.54) is 0 Å². The van der Waals surface area contributed by atoms with Gasteiger partial charge in [0.05, 0.1) is 5.92 Å². The van der Waals surface area contributed by atoms with Gasteiger partial charge >= 0.3 is 5.97 Å². The lowest BCUT2D eigenvalue weighted by Crippen LogP contribution is -2.41. The average molecular weight is 261 g/mol. The summed E-state index contributed by atoms with van der Waals surface area (Å²) in [5.41, 5.74) is 0.900. The molecule has 1 aliphatic rings. The molecule has 0 radical (unpaired) electrons. The Morgan fingerprint density at radius 1 is 1.11 bits per heavy atom. The number of carbonyl (C=O) groups excluding carboxylic acids is 2. The summed E-state index contributed by atoms with van der Waals surface area (Å²) in [6.45, 7) is 0.190. The van der Waals surface area contributed by atoms with Gasteiger partial charge in [-0.05, 0) is 18.4 Å². The average Bonchev–Trinajstić information content (AvgIpc) is 2.46. The Morgan fingerprint density at radius 2 is 1.74 bits per heavy atom. The molecule has 19 heavy (non-hydrogen) atoms. The van der Waals surface area contributed by atoms with Crippen molar-refractivity contribution in [3.8, 4) is 0 Å². The van der Waals surface area contributed by atoms with E-state index in [-0.39, 0.29) is 6.61 Å². The van der Waals surface area contributed by atoms with Gasteiger partial charge in [0.2, 0.25) is 0 Å². The molecule has 0 aromatic heterocycles. The van der Waals surface area contributed by atoms with Crippen LogP contribution in [0.5, 0.6) is 0 Å². The molecule has 1 aliphatic carbocycles. The monoisotopic (exact) mass is 261 g/mol. The summed E-state index contributed by atoms with van der Waals surface area (Å²) in [4.78, 5) is 23.0. The highest BCUT2D eigenvalue weighted by Crippen LogP contribution is 2.30. The Kier molecular flexibility index (Phi) is 4.55. The Hall–Kier alpha value is -1.84. The molecule has 1 aromatic rings. The Morgan fingerprint density at radius 3 is 2.37 bits per heavy atom. The highest BCUT2D eigenvalue weighted by Gasteiger charge is 2.32. The van der Waals surface area contributed by atoms with Crippen LogP contribution in [0.4, 0.5) is 0 Å². The molecule has 1 saturated carbocycles. The predicted molar refractivity (Wildman–Crippen MR) is 66.7 cm³/mol. The van der Waals surface area contributed by atoms with Crippen molar-refractivity contribution in [2.24, 2.45) is 11.8 Å². The predicted octanol–water partition coefficient (Wildman–Crippen LogP) is 1.29. The first-order valence-electron chi connectivity index (χ1n) is 6.60. The third-order valence-electron chi connectivity index (χ3n) is 3.60. The molecule has 4 nitrogen and oxygen atoms in total. The highest BCUT2D eigenvalue weighted by molar-refractivity contribution is 5.80. The molecule has 0 bridgehead atoms. The van der Waals surface area contributed by atoms with Gasteiger partial charge in [-0.1, -0.05) is 43.2 Å². The molecule has 1 fully saturated rings. The van der Waals surface area contributed by atoms with Crippen LogP contribution >= 0.6 is 0 Å². The van der Waals surface area contributed by atoms with E-state index in [1.54, 1.807) is 0 Å². The van der Waals surface area contributed by atoms with Crippen LogP contribution in [0.1, 0.15) is 31.2 Å². The molecule has 102 valence electrons. The van der Waals surface area contributed by atoms with Crippen LogP contribution in [0.25, 0.3) is 0 Å². The molecule has 0 heterocycles. The fraction of sp³-hybridized carbons (Fsp3) is 0.467. The normalized spacial score (nSPS) is 22.7. The van der Waals surface area contributed by atoms with Gasteiger partial charge in [-0.15, -0.1) is 0 Å². The smallest absolute Gasteiger partial charge is 0.309 e. The van der Waals surface area contributed by atoms with Gasteiger partial charge in [0.15, 0.2) is 0 Å². The van der Waals surface area contributed by atoms with Crippen molar-refractivity contribution in [1.82, 2.24) is 0 Å². The Labute approximate surface area is 112 Å². The molecular formula is C15H17O4-. The largest absolute Gasteiger partial charge is 0.550 e. The van der Waals surface area contributed by atoms with Crippen molar-refractivity contribution in [2.45, 2.75) is 32.3 Å². The van der Waals surface area contributed by atoms with Crippen molar-refractivity contribution < 1.29 is 19.4 Å². The maximum Gasteiger partial charge on any atom is 0.309 e. The summed E-state index contributed by atoms with van der Waals surface area (Å²) in [6.07, 6.45) is 2.79. The van der Waals surface area contributed by atoms with E-state index < -0.39 is 23.8 Å². The molecule has 0 unspecified atom stereocenters. The maximum absolute atomic E-state index is 12.0. The van der Waals surface area contributed by atoms with Crippen LogP contribution in [-0.4, -0.2) is 11.9 Å². The van der Waals surface area contributed by atoms with Gasteiger partial charge in [0.25, 0.3) is 0 Å². The highest BCUT2D eigenvalue weighted by atomic mass is 16.5. The lowest BCUT2D eigenvalue weighted by molar-refractivity contribution is -0.314. The first kappa shape index (κ1) is 13.6. The lowest BCUT2D eigenvalue weighted by Gasteiger charge is -2.30. The maximum atomic E-state index is 12.0. The number of carbonyl (C=O) groups is 2. The van der Waals surface area contributed by atoms with E-state index in [9.17, 15) is 14.7 Å². The summed E-state index contributed by atoms with van der Waals surface area (Å²) < 4.78 is 5.22. The van der Waals surface area contributed by atoms with Gasteiger partial charge < -0.3 is 14.6 Å². The van der Waals surface area contributed by atoms with Crippen LogP contribution in [0, 0.1) is 11.8 Å². The number of ether oxygens (including phenoxy) is 1. The molecule has 2 atom stereocenters. The molecule has 1 aromatic carbocycles. The summed E-state index contributed by atoms with van der Waals surface area (Å²) in [5.74, 6) is -2.81. The van der Waals surface area contributed by atoms with Gasteiger partial charge in [-0.3, -0.25) is 4.79 Å². The molecule has 0 spiro atoms. The number of benzene rings is 1. The van der Waals surface area contributed by atoms with Gasteiger partial charge in [-0.25, -0.2) is 0 Å². The number of hydrogen-bond donors (Lipinski definition) is 0. The SMILES string of the molecule is O=C([O-])[C@H]1CCCC[C@H]1C(=O)OCc1ccccc1. The standard InChI is InChI=1S/C15H18O4/c16-14(17)12-8-4-5-9-13(12)15(18)19-10-11-6-2-1-3-7-11/h1-3,6-7,12-13H,4-5,8-10H2,(H,16,17)/p-1/t12-,13+/m0/s1. The molecule has 0 aliphatic heterocycles. The topological polar surface area (TPSA) is 66.4 Å². The summed E-state index contributed by atoms with van der Waals surface area (Å²) in [7, 11) is 0. The van der Waals surface area contributed by atoms with Crippen molar-refractivity contribution in [2.75, 3.05) is 0 Å². The second kappa shape index (κ2) is 6.36. The van der Waals surface area contributed by atoms with Crippen molar-refractivity contribution in [3.05, 3.63) is 35.9 Å². The van der Waals surface area contributed by atoms with E-state index in [2.05, 4.69) is 0 Å². The quantitative estimate of drug-likeness (QED) is 0.766. The molecule has 0 saturated heterocycles. The third kappa shape index (κ3) is 3.56. The van der Waals surface area contributed by atoms with Gasteiger partial charge in [-0.2, -0.15) is 0 Å². The fourth-order valence-corrected chi connectivity index (χ4v) is 2.53. The van der Waals surface area contributed by atoms with Gasteiger partial charge in [0.1, 0.15) is 6.61 Å². The zero-order valence-corrected chi connectivity index (χ0v) is 10.7. The fourth-order valence-electron chi connectivity index (χ4n) is 2.53. The molecule has 0 amide bonds. The number of esters is 1. The molecular weight excluding hydrogens is 244 g/mol. The second-order valence-corrected chi connectivity index (χ2v) is 4.91. The zero-order chi connectivity index (χ0) is 13.7. The minimum absolute atomic E-state index is 0.190. The number of rotatable bonds is 4. The van der Waals surface area contributed by atoms with Crippen LogP contribution < -0.4 is 5.11 Å². The minimum Gasteiger partial charge on any atom is -0.550 e. The van der Waals surface area contributed by atoms with Crippen LogP contribution in [0.2, 0.25) is 0 Å². The zero-order valence-electron chi connectivity index (χ0n) is 10.7. The van der Waals surface area contributed by atoms with Crippen molar-refractivity contribution in [1.29, 1.82) is 0 Å². The number of carboxylic acids is 1. The number of hydrogen-bond acceptors (Lipinski definition) is 4. The number of aliphatic carboxylic acids is 1. The first-order valence-corrected chi connectivity index (χ1v) is 6.60. The Balaban J connectivity index is 1.93. The van der Waals surface area contributed by atoms with Gasteiger partial charge in [0, 0.05) is 11.9 Å². The molecule has 2 rings (SSSR count). The summed E-state index contributed by atoms with van der Waals surface area (Å²) in [5, 5.41) is 11.0. The first-order chi connectivity index (χ1) is 9.18. The van der Waals surface area contributed by atoms with Crippen molar-refractivity contribution in [3.63, 3.8) is 0 Å². The summed E-state index contributed by atoms with van der Waals surface area (Å²) in [6, 6.07) is 9.36. The van der Waals surface area contributed by atoms with E-state index in [1.807, 2.05) is 30.3 Å². The molecule has 0 N–H and O–H groups in total. The van der Waals surface area contributed by atoms with E-state index in [0.29, 0.717) is 12.8 Å². The van der Waals surface area contributed by atoms with E-state index >= 15 is 0 Å². The van der Waals surface area contributed by atoms with Crippen LogP contribution in [0.3, 0.4) is 0 Å². The lowest BCUT2D eigenvalue weighted by atomic mass is 9.79. The van der Waals surface area contributed by atoms with Crippen LogP contribution in [-0.2, 0) is 20.9 Å².